The second kappa shape index (κ2) is 4.90. The van der Waals surface area contributed by atoms with Gasteiger partial charge in [-0.1, -0.05) is 0 Å². The monoisotopic (exact) mass is 291 g/mol. The Morgan fingerprint density at radius 2 is 2.11 bits per heavy atom. The fourth-order valence-corrected chi connectivity index (χ4v) is 3.08. The molecule has 0 spiro atoms. The summed E-state index contributed by atoms with van der Waals surface area (Å²) in [6.45, 7) is 0.394. The van der Waals surface area contributed by atoms with Crippen LogP contribution in [-0.4, -0.2) is 20.9 Å². The van der Waals surface area contributed by atoms with Crippen molar-refractivity contribution in [2.75, 3.05) is 5.73 Å². The van der Waals surface area contributed by atoms with E-state index in [1.807, 2.05) is 5.38 Å². The fraction of sp³-hybridized carbons (Fsp3) is 0.0909. The molecule has 0 aromatic carbocycles. The van der Waals surface area contributed by atoms with Gasteiger partial charge in [0.05, 0.1) is 12.2 Å². The largest absolute Gasteiger partial charge is 0.396 e. The highest BCUT2D eigenvalue weighted by Gasteiger charge is 2.17. The smallest absolute Gasteiger partial charge is 0.263 e. The molecule has 8 heteroatoms. The Morgan fingerprint density at radius 1 is 1.26 bits per heavy atom. The fourth-order valence-electron chi connectivity index (χ4n) is 1.59. The summed E-state index contributed by atoms with van der Waals surface area (Å²) < 4.78 is 0. The summed E-state index contributed by atoms with van der Waals surface area (Å²) in [5, 5.41) is 5.50. The second-order valence-electron chi connectivity index (χ2n) is 3.66. The van der Waals surface area contributed by atoms with Gasteiger partial charge in [-0.25, -0.2) is 15.0 Å². The van der Waals surface area contributed by atoms with Crippen molar-refractivity contribution in [3.05, 3.63) is 33.9 Å². The minimum Gasteiger partial charge on any atom is -0.396 e. The van der Waals surface area contributed by atoms with Gasteiger partial charge < -0.3 is 11.1 Å². The molecule has 6 nitrogen and oxygen atoms in total. The molecule has 19 heavy (non-hydrogen) atoms. The lowest BCUT2D eigenvalue weighted by Crippen LogP contribution is -2.22. The molecule has 0 bridgehead atoms. The van der Waals surface area contributed by atoms with E-state index in [4.69, 9.17) is 5.73 Å². The van der Waals surface area contributed by atoms with Crippen LogP contribution in [-0.2, 0) is 6.54 Å². The lowest BCUT2D eigenvalue weighted by molar-refractivity contribution is 0.0956. The summed E-state index contributed by atoms with van der Waals surface area (Å²) in [6.07, 6.45) is 4.84. The molecule has 3 aromatic heterocycles. The molecule has 96 valence electrons. The molecule has 0 aliphatic heterocycles. The van der Waals surface area contributed by atoms with Crippen LogP contribution in [0.1, 0.15) is 14.7 Å². The summed E-state index contributed by atoms with van der Waals surface area (Å²) in [6, 6.07) is 0. The maximum absolute atomic E-state index is 12.1. The zero-order valence-corrected chi connectivity index (χ0v) is 11.3. The van der Waals surface area contributed by atoms with Crippen molar-refractivity contribution in [1.82, 2.24) is 20.3 Å². The number of carbonyl (C=O) groups is 1. The minimum atomic E-state index is -0.225. The number of nitrogens with zero attached hydrogens (tertiary/aromatic N) is 3. The van der Waals surface area contributed by atoms with Gasteiger partial charge >= 0.3 is 0 Å². The van der Waals surface area contributed by atoms with Crippen LogP contribution in [0.4, 0.5) is 5.69 Å². The first-order valence-corrected chi connectivity index (χ1v) is 7.11. The highest BCUT2D eigenvalue weighted by molar-refractivity contribution is 7.21. The van der Waals surface area contributed by atoms with E-state index >= 15 is 0 Å². The Morgan fingerprint density at radius 3 is 2.84 bits per heavy atom. The third-order valence-electron chi connectivity index (χ3n) is 2.45. The highest BCUT2D eigenvalue weighted by Crippen LogP contribution is 2.30. The summed E-state index contributed by atoms with van der Waals surface area (Å²) in [4.78, 5) is 25.5. The minimum absolute atomic E-state index is 0.225. The molecule has 3 N–H and O–H groups in total. The quantitative estimate of drug-likeness (QED) is 0.765. The predicted molar refractivity (Wildman–Crippen MR) is 75.1 cm³/mol. The molecule has 3 heterocycles. The molecule has 0 saturated heterocycles. The van der Waals surface area contributed by atoms with E-state index in [-0.39, 0.29) is 5.91 Å². The number of thiophene rings is 1. The van der Waals surface area contributed by atoms with Gasteiger partial charge in [0.15, 0.2) is 0 Å². The number of anilines is 1. The zero-order valence-electron chi connectivity index (χ0n) is 9.66. The van der Waals surface area contributed by atoms with Gasteiger partial charge in [-0.2, -0.15) is 0 Å². The second-order valence-corrected chi connectivity index (χ2v) is 5.64. The molecular formula is C11H9N5OS2. The number of nitrogens with two attached hydrogens (primary N) is 1. The van der Waals surface area contributed by atoms with Gasteiger partial charge in [0, 0.05) is 24.0 Å². The van der Waals surface area contributed by atoms with E-state index < -0.39 is 0 Å². The van der Waals surface area contributed by atoms with Crippen LogP contribution in [0.5, 0.6) is 0 Å². The number of rotatable bonds is 3. The SMILES string of the molecule is Nc1c(C(=O)NCc2nccs2)sc2nccnc12. The Hall–Kier alpha value is -2.06. The Kier molecular flexibility index (Phi) is 3.10. The number of amides is 1. The number of nitrogens with one attached hydrogen (secondary N) is 1. The zero-order chi connectivity index (χ0) is 13.2. The maximum atomic E-state index is 12.1. The van der Waals surface area contributed by atoms with Gasteiger partial charge in [-0.15, -0.1) is 22.7 Å². The van der Waals surface area contributed by atoms with Crippen LogP contribution in [0.3, 0.4) is 0 Å². The lowest BCUT2D eigenvalue weighted by Gasteiger charge is -2.01. The molecule has 1 amide bonds. The molecule has 0 saturated carbocycles. The van der Waals surface area contributed by atoms with Gasteiger partial charge in [-0.3, -0.25) is 4.79 Å². The summed E-state index contributed by atoms with van der Waals surface area (Å²) in [5.41, 5.74) is 6.88. The molecule has 0 aliphatic rings. The van der Waals surface area contributed by atoms with Crippen LogP contribution in [0, 0.1) is 0 Å². The lowest BCUT2D eigenvalue weighted by atomic mass is 10.3. The van der Waals surface area contributed by atoms with Gasteiger partial charge in [-0.05, 0) is 0 Å². The molecule has 0 unspecified atom stereocenters. The van der Waals surface area contributed by atoms with Crippen molar-refractivity contribution >= 4 is 44.6 Å². The number of thiazole rings is 1. The van der Waals surface area contributed by atoms with Crippen molar-refractivity contribution in [2.45, 2.75) is 6.54 Å². The molecule has 0 aliphatic carbocycles. The molecule has 3 rings (SSSR count). The van der Waals surface area contributed by atoms with E-state index in [0.717, 1.165) is 5.01 Å². The highest BCUT2D eigenvalue weighted by atomic mass is 32.1. The van der Waals surface area contributed by atoms with E-state index in [0.29, 0.717) is 27.5 Å². The van der Waals surface area contributed by atoms with Crippen LogP contribution < -0.4 is 11.1 Å². The van der Waals surface area contributed by atoms with Crippen molar-refractivity contribution < 1.29 is 4.79 Å². The van der Waals surface area contributed by atoms with Crippen LogP contribution in [0.2, 0.25) is 0 Å². The van der Waals surface area contributed by atoms with Crippen molar-refractivity contribution in [1.29, 1.82) is 0 Å². The molecule has 0 radical (unpaired) electrons. The number of fused-ring (bicyclic) bond motifs is 1. The average Bonchev–Trinajstić information content (AvgIpc) is 3.05. The first-order chi connectivity index (χ1) is 9.25. The summed E-state index contributed by atoms with van der Waals surface area (Å²) >= 11 is 2.73. The standard InChI is InChI=1S/C11H9N5OS2/c12-7-8-11(15-2-1-14-8)19-9(7)10(17)16-5-6-13-3-4-18-6/h1-4H,5,12H2,(H,16,17). The molecular weight excluding hydrogens is 282 g/mol. The maximum Gasteiger partial charge on any atom is 0.263 e. The van der Waals surface area contributed by atoms with Crippen molar-refractivity contribution in [3.63, 3.8) is 0 Å². The first kappa shape index (κ1) is 12.0. The predicted octanol–water partition coefficient (Wildman–Crippen LogP) is 1.66. The Balaban J connectivity index is 1.83. The average molecular weight is 291 g/mol. The van der Waals surface area contributed by atoms with Gasteiger partial charge in [0.1, 0.15) is 20.2 Å². The normalized spacial score (nSPS) is 10.7. The van der Waals surface area contributed by atoms with Crippen LogP contribution in [0.15, 0.2) is 24.0 Å². The van der Waals surface area contributed by atoms with E-state index in [2.05, 4.69) is 20.3 Å². The van der Waals surface area contributed by atoms with E-state index in [1.54, 1.807) is 18.6 Å². The third-order valence-corrected chi connectivity index (χ3v) is 4.33. The third kappa shape index (κ3) is 2.27. The van der Waals surface area contributed by atoms with Crippen molar-refractivity contribution in [3.8, 4) is 0 Å². The topological polar surface area (TPSA) is 93.8 Å². The number of hydrogen-bond acceptors (Lipinski definition) is 7. The molecule has 0 fully saturated rings. The van der Waals surface area contributed by atoms with E-state index in [1.165, 1.54) is 22.7 Å². The Labute approximate surface area is 116 Å². The van der Waals surface area contributed by atoms with E-state index in [9.17, 15) is 4.79 Å². The first-order valence-electron chi connectivity index (χ1n) is 5.41. The van der Waals surface area contributed by atoms with Crippen LogP contribution in [0.25, 0.3) is 10.3 Å². The van der Waals surface area contributed by atoms with Gasteiger partial charge in [0.25, 0.3) is 5.91 Å². The van der Waals surface area contributed by atoms with Crippen LogP contribution >= 0.6 is 22.7 Å². The number of hydrogen-bond donors (Lipinski definition) is 2. The number of carbonyl (C=O) groups excluding carboxylic acids is 1. The molecule has 0 atom stereocenters. The van der Waals surface area contributed by atoms with Crippen molar-refractivity contribution in [2.24, 2.45) is 0 Å². The molecule has 3 aromatic rings. The Bertz CT molecular complexity index is 722. The summed E-state index contributed by atoms with van der Waals surface area (Å²) in [5.74, 6) is -0.225. The number of nitrogen functional groups attached to an aromatic ring is 1. The summed E-state index contributed by atoms with van der Waals surface area (Å²) in [7, 11) is 0. The number of aromatic nitrogens is 3. The van der Waals surface area contributed by atoms with Gasteiger partial charge in [0.2, 0.25) is 0 Å².